The summed E-state index contributed by atoms with van der Waals surface area (Å²) >= 11 is 6.03. The summed E-state index contributed by atoms with van der Waals surface area (Å²) in [6.07, 6.45) is -5.24. The van der Waals surface area contributed by atoms with Gasteiger partial charge in [0.05, 0.1) is 51.8 Å². The van der Waals surface area contributed by atoms with Crippen molar-refractivity contribution in [1.29, 1.82) is 0 Å². The molecule has 0 atom stereocenters. The van der Waals surface area contributed by atoms with Crippen LogP contribution in [0.15, 0.2) is 28.9 Å². The Morgan fingerprint density at radius 2 is 2.00 bits per heavy atom. The molecule has 1 aromatic carbocycles. The number of halogens is 5. The Balaban J connectivity index is 2.42. The second kappa shape index (κ2) is 9.29. The molecule has 0 spiro atoms. The minimum absolute atomic E-state index is 0.0741. The highest BCUT2D eigenvalue weighted by molar-refractivity contribution is 7.85. The maximum absolute atomic E-state index is 14.7. The van der Waals surface area contributed by atoms with Gasteiger partial charge in [-0.2, -0.15) is 26.7 Å². The minimum Gasteiger partial charge on any atom is -0.390 e. The predicted octanol–water partition coefficient (Wildman–Crippen LogP) is 4.65. The molecular formula is C20H20ClF4N3O5S. The lowest BCUT2D eigenvalue weighted by atomic mass is 10.0. The summed E-state index contributed by atoms with van der Waals surface area (Å²) in [5, 5.41) is 16.6. The van der Waals surface area contributed by atoms with Crippen LogP contribution in [-0.4, -0.2) is 40.3 Å². The normalized spacial score (nSPS) is 15.6. The molecule has 0 aliphatic rings. The molecule has 1 N–H and O–H groups in total. The molecular weight excluding hydrogens is 506 g/mol. The van der Waals surface area contributed by atoms with Gasteiger partial charge in [-0.3, -0.25) is 8.86 Å². The first-order valence-electron chi connectivity index (χ1n) is 11.3. The van der Waals surface area contributed by atoms with Gasteiger partial charge in [0, 0.05) is 6.50 Å². The number of hydrogen-bond donors (Lipinski definition) is 1. The van der Waals surface area contributed by atoms with E-state index in [-0.39, 0.29) is 9.70 Å². The number of aromatic nitrogens is 3. The number of aryl methyl sites for hydroxylation is 1. The van der Waals surface area contributed by atoms with Gasteiger partial charge in [-0.05, 0) is 32.4 Å². The first-order chi connectivity index (χ1) is 17.1. The molecule has 3 rings (SSSR count). The molecule has 0 amide bonds. The van der Waals surface area contributed by atoms with Gasteiger partial charge in [-0.15, -0.1) is 0 Å². The summed E-state index contributed by atoms with van der Waals surface area (Å²) in [4.78, 5) is 0. The molecule has 0 fully saturated rings. The Morgan fingerprint density at radius 1 is 1.32 bits per heavy atom. The second-order valence-electron chi connectivity index (χ2n) is 7.69. The number of aliphatic hydroxyl groups is 1. The maximum atomic E-state index is 14.7. The van der Waals surface area contributed by atoms with Gasteiger partial charge in [0.15, 0.2) is 11.5 Å². The second-order valence-corrected chi connectivity index (χ2v) is 9.67. The zero-order chi connectivity index (χ0) is 29.1. The third kappa shape index (κ3) is 5.95. The lowest BCUT2D eigenvalue weighted by Crippen LogP contribution is -2.24. The smallest absolute Gasteiger partial charge is 0.390 e. The van der Waals surface area contributed by atoms with E-state index >= 15 is 0 Å². The molecule has 0 unspecified atom stereocenters. The predicted molar refractivity (Wildman–Crippen MR) is 114 cm³/mol. The third-order valence-corrected chi connectivity index (χ3v) is 4.83. The molecule has 2 aromatic heterocycles. The minimum atomic E-state index is -5.34. The van der Waals surface area contributed by atoms with E-state index in [1.54, 1.807) is 0 Å². The number of hydrogen-bond acceptors (Lipinski definition) is 7. The van der Waals surface area contributed by atoms with Gasteiger partial charge in [0.2, 0.25) is 0 Å². The van der Waals surface area contributed by atoms with Crippen molar-refractivity contribution in [2.24, 2.45) is 0 Å². The molecule has 0 saturated carbocycles. The van der Waals surface area contributed by atoms with Crippen molar-refractivity contribution in [2.75, 3.05) is 6.26 Å². The van der Waals surface area contributed by atoms with Gasteiger partial charge in [-0.25, -0.2) is 4.39 Å². The van der Waals surface area contributed by atoms with Crippen molar-refractivity contribution >= 4 is 21.7 Å². The Kier molecular flexibility index (Phi) is 5.70. The first-order valence-corrected chi connectivity index (χ1v) is 11.5. The summed E-state index contributed by atoms with van der Waals surface area (Å²) in [6, 6.07) is 3.23. The van der Waals surface area contributed by atoms with Gasteiger partial charge >= 0.3 is 6.18 Å². The average Bonchev–Trinajstić information content (AvgIpc) is 3.29. The van der Waals surface area contributed by atoms with Crippen molar-refractivity contribution in [3.05, 3.63) is 46.5 Å². The fraction of sp³-hybridized carbons (Fsp3) is 0.400. The topological polar surface area (TPSA) is 107 Å². The molecule has 34 heavy (non-hydrogen) atoms. The van der Waals surface area contributed by atoms with E-state index in [9.17, 15) is 31.1 Å². The van der Waals surface area contributed by atoms with Crippen molar-refractivity contribution in [3.63, 3.8) is 0 Å². The molecule has 2 heterocycles. The van der Waals surface area contributed by atoms with Crippen LogP contribution < -0.4 is 0 Å². The van der Waals surface area contributed by atoms with Gasteiger partial charge in [-0.1, -0.05) is 22.8 Å². The fourth-order valence-corrected chi connectivity index (χ4v) is 3.24. The van der Waals surface area contributed by atoms with E-state index in [4.69, 9.17) is 21.6 Å². The zero-order valence-corrected chi connectivity index (χ0v) is 19.3. The van der Waals surface area contributed by atoms with Crippen LogP contribution in [0, 0.1) is 5.82 Å². The Labute approximate surface area is 202 Å². The molecule has 0 saturated heterocycles. The van der Waals surface area contributed by atoms with Crippen molar-refractivity contribution in [2.45, 2.75) is 45.1 Å². The van der Waals surface area contributed by atoms with Crippen LogP contribution in [0.2, 0.25) is 5.02 Å². The molecule has 186 valence electrons. The Bertz CT molecular complexity index is 1450. The molecule has 0 bridgehead atoms. The van der Waals surface area contributed by atoms with E-state index in [1.807, 2.05) is 0 Å². The third-order valence-electron chi connectivity index (χ3n) is 4.13. The summed E-state index contributed by atoms with van der Waals surface area (Å²) < 4.78 is 123. The number of benzene rings is 1. The van der Waals surface area contributed by atoms with Gasteiger partial charge in [0.25, 0.3) is 10.1 Å². The Morgan fingerprint density at radius 3 is 2.56 bits per heavy atom. The highest BCUT2D eigenvalue weighted by Gasteiger charge is 2.41. The van der Waals surface area contributed by atoms with Crippen LogP contribution in [-0.2, 0) is 33.5 Å². The summed E-state index contributed by atoms with van der Waals surface area (Å²) in [5.74, 6) is -2.17. The van der Waals surface area contributed by atoms with Crippen LogP contribution in [0.1, 0.15) is 37.0 Å². The van der Waals surface area contributed by atoms with Crippen molar-refractivity contribution in [3.8, 4) is 22.6 Å². The monoisotopic (exact) mass is 529 g/mol. The van der Waals surface area contributed by atoms with E-state index < -0.39 is 81.0 Å². The van der Waals surface area contributed by atoms with E-state index in [2.05, 4.69) is 14.4 Å². The molecule has 8 nitrogen and oxygen atoms in total. The van der Waals surface area contributed by atoms with Gasteiger partial charge < -0.3 is 9.63 Å². The molecule has 0 aliphatic heterocycles. The van der Waals surface area contributed by atoms with E-state index in [0.717, 1.165) is 12.1 Å². The highest BCUT2D eigenvalue weighted by Crippen LogP contribution is 2.42. The maximum Gasteiger partial charge on any atom is 0.433 e. The van der Waals surface area contributed by atoms with E-state index in [0.29, 0.717) is 12.5 Å². The number of rotatable bonds is 8. The van der Waals surface area contributed by atoms with Crippen molar-refractivity contribution < 1.29 is 45.3 Å². The standard InChI is InChI=1S/C20H20ClF4N3O5S/c1-19(2,29)7-8-28-18(20(23,24)25)11(9-26-28)17-12(10-32-34(3,30)31)16(27-33-17)15-13(21)5-4-6-14(15)22/h4-6,9,29H,7-8,10H2,1-3H3/i8D2,10D2. The highest BCUT2D eigenvalue weighted by atomic mass is 35.5. The largest absolute Gasteiger partial charge is 0.433 e. The molecule has 3 aromatic rings. The molecule has 0 aliphatic carbocycles. The van der Waals surface area contributed by atoms with E-state index in [1.165, 1.54) is 19.9 Å². The number of nitrogens with zero attached hydrogens (tertiary/aromatic N) is 3. The number of alkyl halides is 3. The molecule has 0 radical (unpaired) electrons. The quantitative estimate of drug-likeness (QED) is 0.334. The molecule has 14 heteroatoms. The SMILES string of the molecule is [2H]C([2H])(OS(C)(=O)=O)c1c(-c2c(F)cccc2Cl)noc1-c1cnn(C([2H])([2H])CC(C)(C)O)c1C(F)(F)F. The van der Waals surface area contributed by atoms with Crippen LogP contribution in [0.3, 0.4) is 0 Å². The zero-order valence-electron chi connectivity index (χ0n) is 21.7. The van der Waals surface area contributed by atoms with Gasteiger partial charge in [0.1, 0.15) is 11.5 Å². The van der Waals surface area contributed by atoms with Crippen LogP contribution in [0.25, 0.3) is 22.6 Å². The van der Waals surface area contributed by atoms with Crippen LogP contribution in [0.4, 0.5) is 17.6 Å². The Hall–Kier alpha value is -2.48. The average molecular weight is 530 g/mol. The van der Waals surface area contributed by atoms with Crippen molar-refractivity contribution in [1.82, 2.24) is 14.9 Å². The summed E-state index contributed by atoms with van der Waals surface area (Å²) in [6.45, 7) is -4.08. The fourth-order valence-electron chi connectivity index (χ4n) is 2.76. The summed E-state index contributed by atoms with van der Waals surface area (Å²) in [7, 11) is -4.60. The lowest BCUT2D eigenvalue weighted by Gasteiger charge is -2.18. The summed E-state index contributed by atoms with van der Waals surface area (Å²) in [5.41, 5.74) is -7.14. The van der Waals surface area contributed by atoms with Crippen LogP contribution >= 0.6 is 11.6 Å². The lowest BCUT2D eigenvalue weighted by molar-refractivity contribution is -0.144. The van der Waals surface area contributed by atoms with Crippen LogP contribution in [0.5, 0.6) is 0 Å². The first kappa shape index (κ1) is 20.9.